The Balaban J connectivity index is 1.76. The Bertz CT molecular complexity index is 561. The molecule has 1 N–H and O–H groups in total. The summed E-state index contributed by atoms with van der Waals surface area (Å²) >= 11 is 0. The molecular weight excluding hydrogens is 256 g/mol. The number of anilines is 1. The number of nitrogens with one attached hydrogen (secondary N) is 1. The van der Waals surface area contributed by atoms with Gasteiger partial charge in [0.05, 0.1) is 11.4 Å². The molecule has 0 atom stereocenters. The normalized spacial score (nSPS) is 18.3. The number of aryl methyl sites for hydroxylation is 1. The molecule has 20 heavy (non-hydrogen) atoms. The Morgan fingerprint density at radius 2 is 2.05 bits per heavy atom. The summed E-state index contributed by atoms with van der Waals surface area (Å²) in [6, 6.07) is 1.56. The van der Waals surface area contributed by atoms with Crippen molar-refractivity contribution in [2.75, 3.05) is 25.0 Å². The van der Waals surface area contributed by atoms with Crippen molar-refractivity contribution in [2.24, 2.45) is 0 Å². The number of rotatable bonds is 2. The first kappa shape index (κ1) is 13.1. The molecule has 0 unspecified atom stereocenters. The molecule has 0 aromatic carbocycles. The minimum absolute atomic E-state index is 0.00280. The van der Waals surface area contributed by atoms with Gasteiger partial charge in [0.25, 0.3) is 5.56 Å². The smallest absolute Gasteiger partial charge is 0.269 e. The van der Waals surface area contributed by atoms with Crippen LogP contribution >= 0.6 is 0 Å². The number of carbonyl (C=O) groups is 1. The zero-order valence-electron chi connectivity index (χ0n) is 11.6. The number of piperidine rings is 1. The molecular formula is C14H20N4O2. The molecule has 0 spiro atoms. The maximum Gasteiger partial charge on any atom is 0.269 e. The van der Waals surface area contributed by atoms with E-state index in [2.05, 4.69) is 10.4 Å². The third-order valence-corrected chi connectivity index (χ3v) is 3.97. The van der Waals surface area contributed by atoms with Gasteiger partial charge in [0.15, 0.2) is 0 Å². The summed E-state index contributed by atoms with van der Waals surface area (Å²) in [5, 5.41) is 7.52. The molecule has 1 saturated heterocycles. The Hall–Kier alpha value is -1.85. The summed E-state index contributed by atoms with van der Waals surface area (Å²) in [7, 11) is 0. The molecule has 108 valence electrons. The second-order valence-electron chi connectivity index (χ2n) is 5.47. The number of carbonyl (C=O) groups excluding carboxylic acids is 1. The molecule has 0 aliphatic carbocycles. The van der Waals surface area contributed by atoms with E-state index in [0.717, 1.165) is 56.7 Å². The average Bonchev–Trinajstić information content (AvgIpc) is 2.49. The van der Waals surface area contributed by atoms with Crippen molar-refractivity contribution >= 4 is 11.6 Å². The third kappa shape index (κ3) is 2.69. The molecule has 1 aromatic heterocycles. The second-order valence-corrected chi connectivity index (χ2v) is 5.47. The first-order chi connectivity index (χ1) is 9.74. The van der Waals surface area contributed by atoms with Crippen molar-refractivity contribution in [2.45, 2.75) is 38.6 Å². The van der Waals surface area contributed by atoms with Gasteiger partial charge in [-0.1, -0.05) is 0 Å². The summed E-state index contributed by atoms with van der Waals surface area (Å²) in [6.45, 7) is 2.55. The van der Waals surface area contributed by atoms with Crippen LogP contribution in [0.1, 0.15) is 31.4 Å². The van der Waals surface area contributed by atoms with Crippen molar-refractivity contribution in [3.8, 4) is 0 Å². The van der Waals surface area contributed by atoms with E-state index in [1.807, 2.05) is 4.90 Å². The summed E-state index contributed by atoms with van der Waals surface area (Å²) in [5.74, 6) is 0.00280. The summed E-state index contributed by atoms with van der Waals surface area (Å²) in [4.78, 5) is 26.0. The molecule has 0 saturated carbocycles. The van der Waals surface area contributed by atoms with Gasteiger partial charge in [0.2, 0.25) is 5.91 Å². The van der Waals surface area contributed by atoms with Gasteiger partial charge in [-0.3, -0.25) is 9.59 Å². The Kier molecular flexibility index (Phi) is 3.71. The van der Waals surface area contributed by atoms with E-state index in [-0.39, 0.29) is 18.0 Å². The van der Waals surface area contributed by atoms with Gasteiger partial charge in [-0.25, -0.2) is 4.68 Å². The Labute approximate surface area is 117 Å². The van der Waals surface area contributed by atoms with Gasteiger partial charge in [-0.15, -0.1) is 0 Å². The van der Waals surface area contributed by atoms with Crippen molar-refractivity contribution < 1.29 is 4.79 Å². The van der Waals surface area contributed by atoms with Gasteiger partial charge < -0.3 is 10.2 Å². The average molecular weight is 276 g/mol. The monoisotopic (exact) mass is 276 g/mol. The lowest BCUT2D eigenvalue weighted by Crippen LogP contribution is -2.40. The van der Waals surface area contributed by atoms with Crippen LogP contribution in [0.5, 0.6) is 0 Å². The van der Waals surface area contributed by atoms with Crippen LogP contribution in [0.2, 0.25) is 0 Å². The van der Waals surface area contributed by atoms with Gasteiger partial charge >= 0.3 is 0 Å². The van der Waals surface area contributed by atoms with E-state index < -0.39 is 0 Å². The summed E-state index contributed by atoms with van der Waals surface area (Å²) < 4.78 is 1.31. The maximum absolute atomic E-state index is 12.2. The first-order valence-corrected chi connectivity index (χ1v) is 7.37. The fraction of sp³-hybridized carbons (Fsp3) is 0.643. The van der Waals surface area contributed by atoms with Crippen molar-refractivity contribution in [3.05, 3.63) is 22.1 Å². The lowest BCUT2D eigenvalue weighted by molar-refractivity contribution is -0.133. The SMILES string of the molecule is O=C(Cn1nc2c(cc1=O)NCCC2)N1CCCCC1. The highest BCUT2D eigenvalue weighted by Crippen LogP contribution is 2.16. The minimum Gasteiger partial charge on any atom is -0.383 e. The number of aromatic nitrogens is 2. The molecule has 0 radical (unpaired) electrons. The first-order valence-electron chi connectivity index (χ1n) is 7.37. The fourth-order valence-corrected chi connectivity index (χ4v) is 2.83. The number of amides is 1. The van der Waals surface area contributed by atoms with Crippen molar-refractivity contribution in [1.29, 1.82) is 0 Å². The van der Waals surface area contributed by atoms with E-state index in [1.165, 1.54) is 11.1 Å². The zero-order valence-corrected chi connectivity index (χ0v) is 11.6. The molecule has 2 aliphatic rings. The number of hydrogen-bond donors (Lipinski definition) is 1. The molecule has 1 fully saturated rings. The second kappa shape index (κ2) is 5.64. The highest BCUT2D eigenvalue weighted by atomic mass is 16.2. The van der Waals surface area contributed by atoms with Crippen LogP contribution < -0.4 is 10.9 Å². The van der Waals surface area contributed by atoms with Crippen molar-refractivity contribution in [3.63, 3.8) is 0 Å². The summed E-state index contributed by atoms with van der Waals surface area (Å²) in [6.07, 6.45) is 5.18. The lowest BCUT2D eigenvalue weighted by atomic mass is 10.1. The van der Waals surface area contributed by atoms with Crippen LogP contribution in [-0.2, 0) is 17.8 Å². The van der Waals surface area contributed by atoms with Crippen LogP contribution in [0.3, 0.4) is 0 Å². The van der Waals surface area contributed by atoms with Crippen LogP contribution in [0.15, 0.2) is 10.9 Å². The van der Waals surface area contributed by atoms with Crippen LogP contribution in [-0.4, -0.2) is 40.2 Å². The number of hydrogen-bond acceptors (Lipinski definition) is 4. The predicted molar refractivity (Wildman–Crippen MR) is 75.7 cm³/mol. The molecule has 2 aliphatic heterocycles. The van der Waals surface area contributed by atoms with E-state index >= 15 is 0 Å². The van der Waals surface area contributed by atoms with E-state index in [9.17, 15) is 9.59 Å². The highest BCUT2D eigenvalue weighted by Gasteiger charge is 2.19. The van der Waals surface area contributed by atoms with Gasteiger partial charge in [0, 0.05) is 25.7 Å². The molecule has 3 heterocycles. The minimum atomic E-state index is -0.205. The molecule has 1 aromatic rings. The Morgan fingerprint density at radius 1 is 1.25 bits per heavy atom. The largest absolute Gasteiger partial charge is 0.383 e. The van der Waals surface area contributed by atoms with Gasteiger partial charge in [-0.05, 0) is 32.1 Å². The maximum atomic E-state index is 12.2. The summed E-state index contributed by atoms with van der Waals surface area (Å²) in [5.41, 5.74) is 1.51. The molecule has 3 rings (SSSR count). The van der Waals surface area contributed by atoms with E-state index in [0.29, 0.717) is 0 Å². The molecule has 1 amide bonds. The third-order valence-electron chi connectivity index (χ3n) is 3.97. The van der Waals surface area contributed by atoms with E-state index in [1.54, 1.807) is 6.07 Å². The molecule has 6 nitrogen and oxygen atoms in total. The Morgan fingerprint density at radius 3 is 2.85 bits per heavy atom. The van der Waals surface area contributed by atoms with Crippen LogP contribution in [0, 0.1) is 0 Å². The fourth-order valence-electron chi connectivity index (χ4n) is 2.83. The number of nitrogens with zero attached hydrogens (tertiary/aromatic N) is 3. The van der Waals surface area contributed by atoms with Gasteiger partial charge in [0.1, 0.15) is 6.54 Å². The quantitative estimate of drug-likeness (QED) is 0.859. The van der Waals surface area contributed by atoms with E-state index in [4.69, 9.17) is 0 Å². The standard InChI is InChI=1S/C14H20N4O2/c19-13-9-12-11(5-4-6-15-12)16-18(13)10-14(20)17-7-2-1-3-8-17/h9,15H,1-8,10H2. The molecule has 6 heteroatoms. The topological polar surface area (TPSA) is 67.2 Å². The molecule has 0 bridgehead atoms. The zero-order chi connectivity index (χ0) is 13.9. The highest BCUT2D eigenvalue weighted by molar-refractivity contribution is 5.76. The lowest BCUT2D eigenvalue weighted by Gasteiger charge is -2.27. The van der Waals surface area contributed by atoms with Gasteiger partial charge in [-0.2, -0.15) is 5.10 Å². The number of fused-ring (bicyclic) bond motifs is 1. The van der Waals surface area contributed by atoms with Crippen LogP contribution in [0.4, 0.5) is 5.69 Å². The van der Waals surface area contributed by atoms with Crippen LogP contribution in [0.25, 0.3) is 0 Å². The number of likely N-dealkylation sites (tertiary alicyclic amines) is 1. The van der Waals surface area contributed by atoms with Crippen molar-refractivity contribution in [1.82, 2.24) is 14.7 Å². The predicted octanol–water partition coefficient (Wildman–Crippen LogP) is 0.614.